The Bertz CT molecular complexity index is 910. The van der Waals surface area contributed by atoms with Crippen molar-refractivity contribution in [2.45, 2.75) is 60.8 Å². The van der Waals surface area contributed by atoms with Gasteiger partial charge in [0.1, 0.15) is 0 Å². The van der Waals surface area contributed by atoms with E-state index in [-0.39, 0.29) is 73.4 Å². The van der Waals surface area contributed by atoms with Gasteiger partial charge in [-0.15, -0.1) is 0 Å². The van der Waals surface area contributed by atoms with Crippen LogP contribution in [-0.2, 0) is 23.4 Å². The normalized spacial score (nSPS) is 9.35. The number of aliphatic hydroxyl groups is 3. The molecule has 0 unspecified atom stereocenters. The van der Waals surface area contributed by atoms with Crippen molar-refractivity contribution >= 4 is 29.9 Å². The molecule has 0 atom stereocenters. The first kappa shape index (κ1) is 45.9. The molecule has 0 heterocycles. The minimum absolute atomic E-state index is 0. The van der Waals surface area contributed by atoms with Gasteiger partial charge in [-0.1, -0.05) is 72.5 Å². The summed E-state index contributed by atoms with van der Waals surface area (Å²) in [5.74, 6) is 0. The first-order valence-electron chi connectivity index (χ1n) is 8.28. The summed E-state index contributed by atoms with van der Waals surface area (Å²) in [6.45, 7) is 2.97. The van der Waals surface area contributed by atoms with Gasteiger partial charge in [0.2, 0.25) is 0 Å². The first-order chi connectivity index (χ1) is 13.5. The Morgan fingerprint density at radius 1 is 0.647 bits per heavy atom. The van der Waals surface area contributed by atoms with E-state index in [1.165, 1.54) is 24.3 Å². The van der Waals surface area contributed by atoms with E-state index in [1.54, 1.807) is 24.3 Å². The summed E-state index contributed by atoms with van der Waals surface area (Å²) in [5.41, 5.74) is 1.99. The van der Waals surface area contributed by atoms with Gasteiger partial charge >= 0.3 is 0 Å². The first-order valence-corrected chi connectivity index (χ1v) is 12.0. The zero-order chi connectivity index (χ0) is 22.5. The Morgan fingerprint density at radius 2 is 0.971 bits per heavy atom. The van der Waals surface area contributed by atoms with Crippen molar-refractivity contribution in [1.82, 2.24) is 0 Å². The van der Waals surface area contributed by atoms with Gasteiger partial charge in [-0.05, 0) is 38.1 Å². The molecule has 0 aromatic heterocycles. The zero-order valence-electron chi connectivity index (χ0n) is 16.0. The topological polar surface area (TPSA) is 138 Å². The minimum atomic E-state index is -3.70. The fraction of sp³-hybridized carbons (Fsp3) is 0.478. The summed E-state index contributed by atoms with van der Waals surface area (Å²) >= 11 is 0. The predicted molar refractivity (Wildman–Crippen MR) is 143 cm³/mol. The summed E-state index contributed by atoms with van der Waals surface area (Å²) in [6, 6.07) is 12.7. The largest absolute Gasteiger partial charge is 0.394 e. The van der Waals surface area contributed by atoms with Crippen LogP contribution < -0.4 is 0 Å². The van der Waals surface area contributed by atoms with Crippen LogP contribution >= 0.6 is 10.7 Å². The highest BCUT2D eigenvalue weighted by atomic mass is 35.7. The van der Waals surface area contributed by atoms with Crippen molar-refractivity contribution < 1.29 is 36.3 Å². The van der Waals surface area contributed by atoms with E-state index in [1.807, 2.05) is 13.8 Å². The van der Waals surface area contributed by atoms with Crippen LogP contribution in [0.15, 0.2) is 58.3 Å². The zero-order valence-corrected chi connectivity index (χ0v) is 18.4. The second-order valence-electron chi connectivity index (χ2n) is 5.51. The molecule has 0 bridgehead atoms. The molecule has 0 spiro atoms. The average molecular weight is 549 g/mol. The molecule has 2 rings (SSSR count). The number of benzene rings is 2. The Balaban J connectivity index is -0.0000000895. The lowest BCUT2D eigenvalue weighted by atomic mass is 10.2. The number of hydrogen-bond donors (Lipinski definition) is 3. The number of halogens is 1. The van der Waals surface area contributed by atoms with Gasteiger partial charge in [0, 0.05) is 10.7 Å². The number of aryl methyl sites for hydroxylation is 2. The molecule has 0 aliphatic rings. The summed E-state index contributed by atoms with van der Waals surface area (Å²) in [5, 5.41) is 23.7. The maximum Gasteiger partial charge on any atom is 0.297 e. The third kappa shape index (κ3) is 19.9. The molecule has 0 aliphatic heterocycles. The van der Waals surface area contributed by atoms with Crippen molar-refractivity contribution in [2.75, 3.05) is 26.4 Å². The summed E-state index contributed by atoms with van der Waals surface area (Å²) in [7, 11) is -2.16. The van der Waals surface area contributed by atoms with Crippen molar-refractivity contribution in [3.63, 3.8) is 0 Å². The van der Waals surface area contributed by atoms with Crippen molar-refractivity contribution in [2.24, 2.45) is 0 Å². The molecule has 34 heavy (non-hydrogen) atoms. The Hall–Kier alpha value is -1.53. The van der Waals surface area contributed by atoms with E-state index in [2.05, 4.69) is 4.18 Å². The lowest BCUT2D eigenvalue weighted by molar-refractivity contribution is 0.186. The molecule has 0 saturated heterocycles. The quantitative estimate of drug-likeness (QED) is 0.346. The van der Waals surface area contributed by atoms with Gasteiger partial charge < -0.3 is 15.3 Å². The minimum Gasteiger partial charge on any atom is -0.394 e. The maximum atomic E-state index is 11.4. The Morgan fingerprint density at radius 3 is 1.24 bits per heavy atom. The molecule has 0 fully saturated rings. The highest BCUT2D eigenvalue weighted by molar-refractivity contribution is 8.13. The third-order valence-corrected chi connectivity index (χ3v) is 5.74. The molecule has 2 aromatic carbocycles. The molecule has 11 heteroatoms. The molecule has 0 amide bonds. The van der Waals surface area contributed by atoms with Crippen molar-refractivity contribution in [1.29, 1.82) is 0 Å². The van der Waals surface area contributed by atoms with E-state index < -0.39 is 19.2 Å². The van der Waals surface area contributed by atoms with Crippen LogP contribution in [-0.4, -0.2) is 58.6 Å². The maximum absolute atomic E-state index is 11.4. The monoisotopic (exact) mass is 548 g/mol. The Kier molecular flexibility index (Phi) is 31.3. The van der Waals surface area contributed by atoms with Gasteiger partial charge in [-0.25, -0.2) is 8.42 Å². The third-order valence-electron chi connectivity index (χ3n) is 3.04. The van der Waals surface area contributed by atoms with Crippen LogP contribution in [0, 0.1) is 13.8 Å². The summed E-state index contributed by atoms with van der Waals surface area (Å²) in [6.07, 6.45) is 0. The molecule has 0 aliphatic carbocycles. The van der Waals surface area contributed by atoms with Crippen LogP contribution in [0.5, 0.6) is 0 Å². The smallest absolute Gasteiger partial charge is 0.297 e. The van der Waals surface area contributed by atoms with Crippen LogP contribution in [0.25, 0.3) is 0 Å². The summed E-state index contributed by atoms with van der Waals surface area (Å²) in [4.78, 5) is 0.251. The van der Waals surface area contributed by atoms with Crippen LogP contribution in [0.3, 0.4) is 0 Å². The second-order valence-corrected chi connectivity index (χ2v) is 9.69. The number of rotatable bonds is 6. The fourth-order valence-electron chi connectivity index (χ4n) is 1.62. The second kappa shape index (κ2) is 23.2. The van der Waals surface area contributed by atoms with Crippen LogP contribution in [0.2, 0.25) is 0 Å². The lowest BCUT2D eigenvalue weighted by Crippen LogP contribution is -2.09. The molecular weight excluding hydrogens is 504 g/mol. The van der Waals surface area contributed by atoms with E-state index in [4.69, 9.17) is 26.0 Å². The van der Waals surface area contributed by atoms with E-state index in [9.17, 15) is 16.8 Å². The van der Waals surface area contributed by atoms with Gasteiger partial charge in [-0.3, -0.25) is 4.18 Å². The van der Waals surface area contributed by atoms with Crippen molar-refractivity contribution in [3.05, 3.63) is 59.7 Å². The molecule has 8 nitrogen and oxygen atoms in total. The highest BCUT2D eigenvalue weighted by Gasteiger charge is 2.13. The number of aliphatic hydroxyl groups excluding tert-OH is 3. The molecule has 2 aromatic rings. The van der Waals surface area contributed by atoms with Gasteiger partial charge in [0.05, 0.1) is 36.2 Å². The van der Waals surface area contributed by atoms with Crippen LogP contribution in [0.4, 0.5) is 0 Å². The van der Waals surface area contributed by atoms with Gasteiger partial charge in [0.25, 0.3) is 19.2 Å². The Labute approximate surface area is 212 Å². The molecular formula is C23H45ClO8S2. The standard InChI is InChI=1S/C9H12O4S.C7H7ClO2S.C2H6O2.5CH4/c1-8-2-4-9(5-3-8)14(11,12)13-7-6-10;1-6-2-4-7(5-3-6)11(8,9)10;3-1-2-4;;;;;/h2-5,10H,6-7H2,1H3;2-5H,1H3;3-4H,1-2H2;5*1H4. The molecule has 0 saturated carbocycles. The average Bonchev–Trinajstić information content (AvgIpc) is 2.67. The predicted octanol–water partition coefficient (Wildman–Crippen LogP) is 4.77. The van der Waals surface area contributed by atoms with E-state index in [0.717, 1.165) is 11.1 Å². The van der Waals surface area contributed by atoms with E-state index >= 15 is 0 Å². The molecule has 0 radical (unpaired) electrons. The van der Waals surface area contributed by atoms with Gasteiger partial charge in [-0.2, -0.15) is 8.42 Å². The molecule has 3 N–H and O–H groups in total. The van der Waals surface area contributed by atoms with Crippen LogP contribution in [0.1, 0.15) is 48.3 Å². The highest BCUT2D eigenvalue weighted by Crippen LogP contribution is 2.14. The summed E-state index contributed by atoms with van der Waals surface area (Å²) < 4.78 is 48.7. The van der Waals surface area contributed by atoms with E-state index in [0.29, 0.717) is 0 Å². The molecule has 204 valence electrons. The fourth-order valence-corrected chi connectivity index (χ4v) is 3.29. The lowest BCUT2D eigenvalue weighted by Gasteiger charge is -2.03. The van der Waals surface area contributed by atoms with Gasteiger partial charge in [0.15, 0.2) is 0 Å². The van der Waals surface area contributed by atoms with Crippen molar-refractivity contribution in [3.8, 4) is 0 Å². The number of hydrogen-bond acceptors (Lipinski definition) is 8. The SMILES string of the molecule is C.C.C.C.C.Cc1ccc(S(=O)(=O)Cl)cc1.Cc1ccc(S(=O)(=O)OCCO)cc1.OCCO.